The molecule has 0 aliphatic heterocycles. The number of nitrogens with zero attached hydrogens (tertiary/aromatic N) is 1. The van der Waals surface area contributed by atoms with E-state index in [4.69, 9.17) is 39.6 Å². The van der Waals surface area contributed by atoms with Crippen LogP contribution in [0.4, 0.5) is 0 Å². The maximum absolute atomic E-state index is 9.00. The van der Waals surface area contributed by atoms with Gasteiger partial charge in [0, 0.05) is 40.8 Å². The molecule has 158 valence electrons. The summed E-state index contributed by atoms with van der Waals surface area (Å²) in [5, 5.41) is 33.0. The molecule has 0 aromatic rings. The zero-order chi connectivity index (χ0) is 22.1. The van der Waals surface area contributed by atoms with E-state index in [9.17, 15) is 0 Å². The Hall–Kier alpha value is -2.20. The minimum atomic E-state index is -0.833. The lowest BCUT2D eigenvalue weighted by Gasteiger charge is -2.17. The second-order valence-electron chi connectivity index (χ2n) is 4.46. The van der Waals surface area contributed by atoms with Crippen LogP contribution in [0, 0.1) is 0 Å². The summed E-state index contributed by atoms with van der Waals surface area (Å²) in [6.45, 7) is 16.6. The molecule has 0 heterocycles. The highest BCUT2D eigenvalue weighted by Crippen LogP contribution is 1.83. The fourth-order valence-corrected chi connectivity index (χ4v) is 0.954. The van der Waals surface area contributed by atoms with Gasteiger partial charge in [-0.1, -0.05) is 20.8 Å². The number of aliphatic carboxylic acids is 4. The summed E-state index contributed by atoms with van der Waals surface area (Å²) in [6, 6.07) is 0. The van der Waals surface area contributed by atoms with Crippen LogP contribution in [0.5, 0.6) is 0 Å². The van der Waals surface area contributed by atoms with E-state index < -0.39 is 23.9 Å². The van der Waals surface area contributed by atoms with Crippen LogP contribution in [0.15, 0.2) is 0 Å². The Balaban J connectivity index is -0.0000000776. The number of hydrogen-bond acceptors (Lipinski definition) is 6. The van der Waals surface area contributed by atoms with E-state index in [0.29, 0.717) is 0 Å². The summed E-state index contributed by atoms with van der Waals surface area (Å²) >= 11 is 0. The SMILES string of the molecule is CC(=O)O.CC(=O)O.CC(=O)O.CC(=O)O.CCNCCN(CC)CC. The molecule has 0 aliphatic rings. The third-order valence-electron chi connectivity index (χ3n) is 1.75. The molecule has 0 aromatic carbocycles. The van der Waals surface area contributed by atoms with Crippen molar-refractivity contribution in [3.8, 4) is 0 Å². The molecule has 26 heavy (non-hydrogen) atoms. The number of carboxylic acid groups (broad SMARTS) is 4. The number of hydrogen-bond donors (Lipinski definition) is 5. The van der Waals surface area contributed by atoms with Crippen molar-refractivity contribution in [1.29, 1.82) is 0 Å². The van der Waals surface area contributed by atoms with Gasteiger partial charge in [-0.2, -0.15) is 0 Å². The van der Waals surface area contributed by atoms with Gasteiger partial charge >= 0.3 is 0 Å². The lowest BCUT2D eigenvalue weighted by molar-refractivity contribution is -0.135. The van der Waals surface area contributed by atoms with Crippen LogP contribution in [0.3, 0.4) is 0 Å². The number of carboxylic acids is 4. The van der Waals surface area contributed by atoms with Crippen molar-refractivity contribution in [3.63, 3.8) is 0 Å². The van der Waals surface area contributed by atoms with Crippen molar-refractivity contribution < 1.29 is 39.6 Å². The first-order chi connectivity index (χ1) is 11.8. The Kier molecular flexibility index (Phi) is 41.3. The van der Waals surface area contributed by atoms with Gasteiger partial charge in [0.25, 0.3) is 23.9 Å². The minimum absolute atomic E-state index is 0.833. The Bertz CT molecular complexity index is 281. The smallest absolute Gasteiger partial charge is 0.300 e. The zero-order valence-corrected chi connectivity index (χ0v) is 16.9. The largest absolute Gasteiger partial charge is 0.481 e. The summed E-state index contributed by atoms with van der Waals surface area (Å²) in [6.07, 6.45) is 0. The maximum atomic E-state index is 9.00. The molecule has 0 saturated heterocycles. The standard InChI is InChI=1S/C8H20N2.4C2H4O2/c1-4-9-7-8-10(5-2)6-3;4*1-2(3)4/h9H,4-8H2,1-3H3;4*1H3,(H,3,4). The molecule has 0 bridgehead atoms. The fourth-order valence-electron chi connectivity index (χ4n) is 0.954. The first-order valence-corrected chi connectivity index (χ1v) is 7.99. The lowest BCUT2D eigenvalue weighted by atomic mass is 10.4. The van der Waals surface area contributed by atoms with Crippen molar-refractivity contribution in [3.05, 3.63) is 0 Å². The highest BCUT2D eigenvalue weighted by molar-refractivity contribution is 5.63. The molecule has 0 radical (unpaired) electrons. The Morgan fingerprint density at radius 1 is 0.692 bits per heavy atom. The Morgan fingerprint density at radius 2 is 0.923 bits per heavy atom. The van der Waals surface area contributed by atoms with Crippen LogP contribution in [-0.2, 0) is 19.2 Å². The average Bonchev–Trinajstić information content (AvgIpc) is 2.41. The molecule has 0 fully saturated rings. The molecule has 10 heteroatoms. The third-order valence-corrected chi connectivity index (χ3v) is 1.75. The zero-order valence-electron chi connectivity index (χ0n) is 16.9. The summed E-state index contributed by atoms with van der Waals surface area (Å²) in [5.74, 6) is -3.33. The monoisotopic (exact) mass is 384 g/mol. The highest BCUT2D eigenvalue weighted by Gasteiger charge is 1.95. The molecule has 0 amide bonds. The fraction of sp³-hybridized carbons (Fsp3) is 0.750. The summed E-state index contributed by atoms with van der Waals surface area (Å²) in [7, 11) is 0. The molecule has 0 spiro atoms. The molecule has 0 rings (SSSR count). The van der Waals surface area contributed by atoms with E-state index in [-0.39, 0.29) is 0 Å². The Morgan fingerprint density at radius 3 is 1.08 bits per heavy atom. The summed E-state index contributed by atoms with van der Waals surface area (Å²) in [4.78, 5) is 38.4. The Labute approximate surface area is 155 Å². The van der Waals surface area contributed by atoms with E-state index in [2.05, 4.69) is 31.0 Å². The number of likely N-dealkylation sites (N-methyl/N-ethyl adjacent to an activating group) is 2. The second kappa shape index (κ2) is 30.7. The van der Waals surface area contributed by atoms with Gasteiger partial charge in [-0.25, -0.2) is 0 Å². The minimum Gasteiger partial charge on any atom is -0.481 e. The predicted molar refractivity (Wildman–Crippen MR) is 99.6 cm³/mol. The van der Waals surface area contributed by atoms with Gasteiger partial charge in [0.2, 0.25) is 0 Å². The van der Waals surface area contributed by atoms with Crippen LogP contribution < -0.4 is 5.32 Å². The predicted octanol–water partition coefficient (Wildman–Crippen LogP) is 1.30. The van der Waals surface area contributed by atoms with Crippen LogP contribution in [0.25, 0.3) is 0 Å². The summed E-state index contributed by atoms with van der Waals surface area (Å²) in [5.41, 5.74) is 0. The van der Waals surface area contributed by atoms with Crippen LogP contribution in [-0.4, -0.2) is 81.9 Å². The van der Waals surface area contributed by atoms with Gasteiger partial charge < -0.3 is 30.6 Å². The van der Waals surface area contributed by atoms with E-state index in [1.54, 1.807) is 0 Å². The van der Waals surface area contributed by atoms with Crippen LogP contribution >= 0.6 is 0 Å². The second-order valence-corrected chi connectivity index (χ2v) is 4.46. The molecule has 0 atom stereocenters. The third kappa shape index (κ3) is 204. The quantitative estimate of drug-likeness (QED) is 0.421. The van der Waals surface area contributed by atoms with Gasteiger partial charge in [-0.3, -0.25) is 19.2 Å². The molecule has 5 N–H and O–H groups in total. The molecule has 10 nitrogen and oxygen atoms in total. The molecule has 0 aliphatic carbocycles. The van der Waals surface area contributed by atoms with E-state index in [1.807, 2.05) is 0 Å². The molecular formula is C16H36N2O8. The number of rotatable bonds is 6. The van der Waals surface area contributed by atoms with Crippen molar-refractivity contribution in [2.45, 2.75) is 48.5 Å². The van der Waals surface area contributed by atoms with Gasteiger partial charge in [0.05, 0.1) is 0 Å². The van der Waals surface area contributed by atoms with Crippen molar-refractivity contribution >= 4 is 23.9 Å². The average molecular weight is 384 g/mol. The molecule has 0 aromatic heterocycles. The van der Waals surface area contributed by atoms with Crippen molar-refractivity contribution in [1.82, 2.24) is 10.2 Å². The highest BCUT2D eigenvalue weighted by atomic mass is 16.4. The molecular weight excluding hydrogens is 348 g/mol. The first kappa shape index (κ1) is 35.0. The van der Waals surface area contributed by atoms with E-state index in [1.165, 1.54) is 19.6 Å². The topological polar surface area (TPSA) is 164 Å². The maximum Gasteiger partial charge on any atom is 0.300 e. The van der Waals surface area contributed by atoms with E-state index in [0.717, 1.165) is 40.8 Å². The van der Waals surface area contributed by atoms with Crippen LogP contribution in [0.1, 0.15) is 48.5 Å². The normalized spacial score (nSPS) is 8.00. The number of carbonyl (C=O) groups is 4. The molecule has 0 unspecified atom stereocenters. The number of nitrogens with one attached hydrogen (secondary N) is 1. The summed E-state index contributed by atoms with van der Waals surface area (Å²) < 4.78 is 0. The lowest BCUT2D eigenvalue weighted by Crippen LogP contribution is -2.31. The van der Waals surface area contributed by atoms with Crippen molar-refractivity contribution in [2.75, 3.05) is 32.7 Å². The van der Waals surface area contributed by atoms with Gasteiger partial charge in [-0.15, -0.1) is 0 Å². The van der Waals surface area contributed by atoms with E-state index >= 15 is 0 Å². The first-order valence-electron chi connectivity index (χ1n) is 7.99. The molecule has 0 saturated carbocycles. The van der Waals surface area contributed by atoms with Gasteiger partial charge in [0.1, 0.15) is 0 Å². The van der Waals surface area contributed by atoms with Crippen molar-refractivity contribution in [2.24, 2.45) is 0 Å². The van der Waals surface area contributed by atoms with Crippen LogP contribution in [0.2, 0.25) is 0 Å². The van der Waals surface area contributed by atoms with Gasteiger partial charge in [-0.05, 0) is 19.6 Å². The van der Waals surface area contributed by atoms with Gasteiger partial charge in [0.15, 0.2) is 0 Å².